The molecule has 0 saturated heterocycles. The molecule has 1 amide bonds. The Balaban J connectivity index is 1.97. The number of anilines is 1. The Hall–Kier alpha value is -1.03. The highest BCUT2D eigenvalue weighted by Gasteiger charge is 2.25. The molecule has 2 unspecified atom stereocenters. The molecule has 1 saturated carbocycles. The quantitative estimate of drug-likeness (QED) is 0.850. The van der Waals surface area contributed by atoms with Gasteiger partial charge in [-0.25, -0.2) is 0 Å². The molecule has 1 fully saturated rings. The Labute approximate surface area is 106 Å². The monoisotopic (exact) mass is 252 g/mol. The second-order valence-electron chi connectivity index (χ2n) is 5.29. The van der Waals surface area contributed by atoms with Crippen molar-refractivity contribution in [2.45, 2.75) is 39.2 Å². The van der Waals surface area contributed by atoms with Crippen LogP contribution < -0.4 is 11.1 Å². The summed E-state index contributed by atoms with van der Waals surface area (Å²) in [4.78, 5) is 12.7. The van der Waals surface area contributed by atoms with Crippen molar-refractivity contribution in [3.05, 3.63) is 16.3 Å². The largest absolute Gasteiger partial charge is 0.397 e. The third-order valence-electron chi connectivity index (χ3n) is 3.42. The molecule has 0 aromatic carbocycles. The molecule has 4 heteroatoms. The first-order chi connectivity index (χ1) is 8.06. The van der Waals surface area contributed by atoms with E-state index in [0.29, 0.717) is 28.4 Å². The zero-order valence-electron chi connectivity index (χ0n) is 10.4. The van der Waals surface area contributed by atoms with Crippen molar-refractivity contribution in [1.29, 1.82) is 0 Å². The fourth-order valence-electron chi connectivity index (χ4n) is 2.82. The normalized spacial score (nSPS) is 28.9. The molecular formula is C13H20N2OS. The van der Waals surface area contributed by atoms with E-state index in [-0.39, 0.29) is 5.91 Å². The van der Waals surface area contributed by atoms with Crippen LogP contribution in [-0.4, -0.2) is 11.9 Å². The van der Waals surface area contributed by atoms with Crippen molar-refractivity contribution in [3.8, 4) is 0 Å². The molecule has 1 aromatic heterocycles. The van der Waals surface area contributed by atoms with E-state index in [0.717, 1.165) is 12.8 Å². The zero-order chi connectivity index (χ0) is 12.4. The minimum atomic E-state index is -0.0104. The Kier molecular flexibility index (Phi) is 3.72. The number of carbonyl (C=O) groups is 1. The number of hydrogen-bond acceptors (Lipinski definition) is 3. The van der Waals surface area contributed by atoms with E-state index in [4.69, 9.17) is 5.73 Å². The van der Waals surface area contributed by atoms with E-state index >= 15 is 0 Å². The van der Waals surface area contributed by atoms with Crippen LogP contribution in [-0.2, 0) is 0 Å². The van der Waals surface area contributed by atoms with Gasteiger partial charge in [-0.1, -0.05) is 13.8 Å². The number of amides is 1. The Morgan fingerprint density at radius 3 is 2.53 bits per heavy atom. The molecule has 1 heterocycles. The molecular weight excluding hydrogens is 232 g/mol. The van der Waals surface area contributed by atoms with Gasteiger partial charge in [0.05, 0.1) is 5.69 Å². The number of nitrogens with one attached hydrogen (secondary N) is 1. The van der Waals surface area contributed by atoms with Gasteiger partial charge in [-0.15, -0.1) is 11.3 Å². The minimum absolute atomic E-state index is 0.0104. The summed E-state index contributed by atoms with van der Waals surface area (Å²) < 4.78 is 0. The van der Waals surface area contributed by atoms with Gasteiger partial charge >= 0.3 is 0 Å². The van der Waals surface area contributed by atoms with Gasteiger partial charge in [0.15, 0.2) is 0 Å². The van der Waals surface area contributed by atoms with Crippen molar-refractivity contribution in [3.63, 3.8) is 0 Å². The molecule has 0 spiro atoms. The summed E-state index contributed by atoms with van der Waals surface area (Å²) in [6.45, 7) is 4.52. The van der Waals surface area contributed by atoms with Crippen molar-refractivity contribution >= 4 is 22.9 Å². The van der Waals surface area contributed by atoms with Gasteiger partial charge in [0.25, 0.3) is 5.91 Å². The van der Waals surface area contributed by atoms with Crippen LogP contribution in [0.2, 0.25) is 0 Å². The number of nitrogens with two attached hydrogens (primary N) is 1. The van der Waals surface area contributed by atoms with E-state index in [2.05, 4.69) is 19.2 Å². The number of thiophene rings is 1. The lowest BCUT2D eigenvalue weighted by atomic mass is 9.80. The standard InChI is InChI=1S/C13H20N2OS/c1-8-5-9(2)7-10(6-8)15-13(16)12-11(14)3-4-17-12/h3-4,8-10H,5-7,14H2,1-2H3,(H,15,16). The molecule has 0 radical (unpaired) electrons. The molecule has 1 aliphatic carbocycles. The predicted molar refractivity (Wildman–Crippen MR) is 72.2 cm³/mol. The number of hydrogen-bond donors (Lipinski definition) is 2. The van der Waals surface area contributed by atoms with Crippen LogP contribution in [0, 0.1) is 11.8 Å². The molecule has 3 N–H and O–H groups in total. The van der Waals surface area contributed by atoms with Crippen molar-refractivity contribution < 1.29 is 4.79 Å². The van der Waals surface area contributed by atoms with E-state index in [9.17, 15) is 4.79 Å². The van der Waals surface area contributed by atoms with Crippen molar-refractivity contribution in [2.24, 2.45) is 11.8 Å². The molecule has 1 aliphatic rings. The van der Waals surface area contributed by atoms with Crippen molar-refractivity contribution in [1.82, 2.24) is 5.32 Å². The van der Waals surface area contributed by atoms with Crippen LogP contribution in [0.1, 0.15) is 42.8 Å². The molecule has 17 heavy (non-hydrogen) atoms. The lowest BCUT2D eigenvalue weighted by Gasteiger charge is -2.31. The Morgan fingerprint density at radius 1 is 1.35 bits per heavy atom. The van der Waals surface area contributed by atoms with Gasteiger partial charge < -0.3 is 11.1 Å². The summed E-state index contributed by atoms with van der Waals surface area (Å²) in [5.74, 6) is 1.39. The van der Waals surface area contributed by atoms with Crippen LogP contribution in [0.15, 0.2) is 11.4 Å². The summed E-state index contributed by atoms with van der Waals surface area (Å²) in [5, 5.41) is 4.97. The zero-order valence-corrected chi connectivity index (χ0v) is 11.2. The average molecular weight is 252 g/mol. The van der Waals surface area contributed by atoms with Gasteiger partial charge in [0, 0.05) is 6.04 Å². The summed E-state index contributed by atoms with van der Waals surface area (Å²) in [6, 6.07) is 2.09. The maximum atomic E-state index is 12.0. The van der Waals surface area contributed by atoms with Crippen LogP contribution in [0.5, 0.6) is 0 Å². The molecule has 94 valence electrons. The first-order valence-electron chi connectivity index (χ1n) is 6.20. The van der Waals surface area contributed by atoms with E-state index in [1.807, 2.05) is 5.38 Å². The highest BCUT2D eigenvalue weighted by Crippen LogP contribution is 2.29. The highest BCUT2D eigenvalue weighted by molar-refractivity contribution is 7.12. The van der Waals surface area contributed by atoms with Gasteiger partial charge in [-0.05, 0) is 42.5 Å². The summed E-state index contributed by atoms with van der Waals surface area (Å²) >= 11 is 1.41. The summed E-state index contributed by atoms with van der Waals surface area (Å²) in [6.07, 6.45) is 3.44. The topological polar surface area (TPSA) is 55.1 Å². The minimum Gasteiger partial charge on any atom is -0.397 e. The number of carbonyl (C=O) groups excluding carboxylic acids is 1. The highest BCUT2D eigenvalue weighted by atomic mass is 32.1. The smallest absolute Gasteiger partial charge is 0.263 e. The first-order valence-corrected chi connectivity index (χ1v) is 7.08. The molecule has 2 atom stereocenters. The summed E-state index contributed by atoms with van der Waals surface area (Å²) in [5.41, 5.74) is 6.34. The lowest BCUT2D eigenvalue weighted by molar-refractivity contribution is 0.0916. The van der Waals surface area contributed by atoms with Gasteiger partial charge in [0.2, 0.25) is 0 Å². The van der Waals surface area contributed by atoms with Crippen LogP contribution >= 0.6 is 11.3 Å². The molecule has 1 aromatic rings. The van der Waals surface area contributed by atoms with Crippen LogP contribution in [0.3, 0.4) is 0 Å². The van der Waals surface area contributed by atoms with Gasteiger partial charge in [-0.2, -0.15) is 0 Å². The van der Waals surface area contributed by atoms with E-state index in [1.165, 1.54) is 17.8 Å². The molecule has 0 bridgehead atoms. The maximum absolute atomic E-state index is 12.0. The first kappa shape index (κ1) is 12.4. The molecule has 3 nitrogen and oxygen atoms in total. The van der Waals surface area contributed by atoms with Crippen LogP contribution in [0.25, 0.3) is 0 Å². The molecule has 2 rings (SSSR count). The average Bonchev–Trinajstić information content (AvgIpc) is 2.62. The third-order valence-corrected chi connectivity index (χ3v) is 4.34. The number of nitrogen functional groups attached to an aromatic ring is 1. The number of rotatable bonds is 2. The van der Waals surface area contributed by atoms with E-state index < -0.39 is 0 Å². The SMILES string of the molecule is CC1CC(C)CC(NC(=O)c2sccc2N)C1. The fraction of sp³-hybridized carbons (Fsp3) is 0.615. The fourth-order valence-corrected chi connectivity index (χ4v) is 3.54. The van der Waals surface area contributed by atoms with Crippen molar-refractivity contribution in [2.75, 3.05) is 5.73 Å². The van der Waals surface area contributed by atoms with Crippen LogP contribution in [0.4, 0.5) is 5.69 Å². The second kappa shape index (κ2) is 5.08. The second-order valence-corrected chi connectivity index (χ2v) is 6.21. The molecule has 0 aliphatic heterocycles. The predicted octanol–water partition coefficient (Wildman–Crippen LogP) is 2.88. The van der Waals surface area contributed by atoms with E-state index in [1.54, 1.807) is 6.07 Å². The Morgan fingerprint density at radius 2 is 2.00 bits per heavy atom. The third kappa shape index (κ3) is 3.00. The van der Waals surface area contributed by atoms with Gasteiger partial charge in [0.1, 0.15) is 4.88 Å². The summed E-state index contributed by atoms with van der Waals surface area (Å²) in [7, 11) is 0. The van der Waals surface area contributed by atoms with Gasteiger partial charge in [-0.3, -0.25) is 4.79 Å². The Bertz CT molecular complexity index is 392. The maximum Gasteiger partial charge on any atom is 0.263 e. The lowest BCUT2D eigenvalue weighted by Crippen LogP contribution is -2.39.